The fourth-order valence-corrected chi connectivity index (χ4v) is 3.35. The highest BCUT2D eigenvalue weighted by atomic mass is 35.5. The zero-order valence-corrected chi connectivity index (χ0v) is 14.0. The Morgan fingerprint density at radius 3 is 2.78 bits per heavy atom. The summed E-state index contributed by atoms with van der Waals surface area (Å²) in [5, 5.41) is 0.731. The average molecular weight is 334 g/mol. The van der Waals surface area contributed by atoms with Crippen LogP contribution in [-0.2, 0) is 6.42 Å². The molecule has 0 aliphatic heterocycles. The highest BCUT2D eigenvalue weighted by Crippen LogP contribution is 2.31. The number of benzene rings is 1. The van der Waals surface area contributed by atoms with Gasteiger partial charge in [0, 0.05) is 23.3 Å². The number of rotatable bonds is 3. The summed E-state index contributed by atoms with van der Waals surface area (Å²) in [4.78, 5) is 24.4. The van der Waals surface area contributed by atoms with E-state index in [0.29, 0.717) is 0 Å². The molecular weight excluding hydrogens is 314 g/mol. The van der Waals surface area contributed by atoms with E-state index in [1.54, 1.807) is 0 Å². The monoisotopic (exact) mass is 333 g/mol. The van der Waals surface area contributed by atoms with Crippen LogP contribution in [0, 0.1) is 0 Å². The summed E-state index contributed by atoms with van der Waals surface area (Å²) in [7, 11) is 0. The zero-order valence-electron chi connectivity index (χ0n) is 13.3. The van der Waals surface area contributed by atoms with Gasteiger partial charge in [-0.1, -0.05) is 17.7 Å². The summed E-state index contributed by atoms with van der Waals surface area (Å²) >= 11 is 6.07. The standard InChI is InChI=1S/C17H20ClN3O2/c1-11(2)21-16(22)8-9-20(17(21)23)19-15-5-3-4-12-10-13(18)6-7-14(12)15/h6-11,15,19H,3-5H2,1-2H3. The summed E-state index contributed by atoms with van der Waals surface area (Å²) in [6.45, 7) is 3.65. The van der Waals surface area contributed by atoms with Crippen molar-refractivity contribution in [2.24, 2.45) is 0 Å². The summed E-state index contributed by atoms with van der Waals surface area (Å²) in [6.07, 6.45) is 4.47. The van der Waals surface area contributed by atoms with E-state index in [1.165, 1.54) is 27.1 Å². The lowest BCUT2D eigenvalue weighted by Crippen LogP contribution is -2.44. The lowest BCUT2D eigenvalue weighted by atomic mass is 9.88. The SMILES string of the molecule is CC(C)n1c(=O)ccn(NC2CCCc3cc(Cl)ccc32)c1=O. The van der Waals surface area contributed by atoms with Crippen LogP contribution in [0.4, 0.5) is 0 Å². The molecule has 0 saturated heterocycles. The Bertz CT molecular complexity index is 838. The third-order valence-corrected chi connectivity index (χ3v) is 4.48. The Hall–Kier alpha value is -2.01. The molecule has 0 amide bonds. The van der Waals surface area contributed by atoms with Crippen molar-refractivity contribution in [2.45, 2.75) is 45.2 Å². The molecule has 5 nitrogen and oxygen atoms in total. The van der Waals surface area contributed by atoms with E-state index in [4.69, 9.17) is 11.6 Å². The number of nitrogens with one attached hydrogen (secondary N) is 1. The molecule has 6 heteroatoms. The molecule has 0 fully saturated rings. The second kappa shape index (κ2) is 6.24. The lowest BCUT2D eigenvalue weighted by molar-refractivity contribution is 0.494. The van der Waals surface area contributed by atoms with E-state index in [9.17, 15) is 9.59 Å². The van der Waals surface area contributed by atoms with Crippen LogP contribution < -0.4 is 16.7 Å². The Morgan fingerprint density at radius 2 is 2.04 bits per heavy atom. The van der Waals surface area contributed by atoms with Gasteiger partial charge < -0.3 is 5.43 Å². The third-order valence-electron chi connectivity index (χ3n) is 4.25. The lowest BCUT2D eigenvalue weighted by Gasteiger charge is -2.28. The second-order valence-electron chi connectivity index (χ2n) is 6.19. The van der Waals surface area contributed by atoms with Crippen LogP contribution in [0.15, 0.2) is 40.1 Å². The molecule has 1 unspecified atom stereocenters. The topological polar surface area (TPSA) is 56.0 Å². The van der Waals surface area contributed by atoms with E-state index in [-0.39, 0.29) is 23.3 Å². The highest BCUT2D eigenvalue weighted by Gasteiger charge is 2.21. The fourth-order valence-electron chi connectivity index (χ4n) is 3.15. The van der Waals surface area contributed by atoms with Crippen molar-refractivity contribution in [1.82, 2.24) is 9.24 Å². The molecule has 122 valence electrons. The van der Waals surface area contributed by atoms with Crippen molar-refractivity contribution in [3.63, 3.8) is 0 Å². The molecule has 1 N–H and O–H groups in total. The second-order valence-corrected chi connectivity index (χ2v) is 6.62. The van der Waals surface area contributed by atoms with Gasteiger partial charge in [-0.05, 0) is 56.4 Å². The van der Waals surface area contributed by atoms with Crippen LogP contribution >= 0.6 is 11.6 Å². The van der Waals surface area contributed by atoms with Crippen LogP contribution in [0.1, 0.15) is 49.9 Å². The number of fused-ring (bicyclic) bond motifs is 1. The normalized spacial score (nSPS) is 17.1. The van der Waals surface area contributed by atoms with E-state index < -0.39 is 0 Å². The summed E-state index contributed by atoms with van der Waals surface area (Å²) in [5.41, 5.74) is 5.01. The van der Waals surface area contributed by atoms with E-state index in [2.05, 4.69) is 5.43 Å². The first kappa shape index (κ1) is 15.9. The van der Waals surface area contributed by atoms with Gasteiger partial charge in [-0.25, -0.2) is 9.47 Å². The van der Waals surface area contributed by atoms with Crippen LogP contribution in [-0.4, -0.2) is 9.24 Å². The Labute approximate surface area is 139 Å². The number of aromatic nitrogens is 2. The van der Waals surface area contributed by atoms with Gasteiger partial charge in [0.25, 0.3) is 5.56 Å². The summed E-state index contributed by atoms with van der Waals surface area (Å²) in [5.74, 6) is 0. The first-order valence-corrected chi connectivity index (χ1v) is 8.24. The molecule has 0 saturated carbocycles. The van der Waals surface area contributed by atoms with Crippen molar-refractivity contribution in [3.05, 3.63) is 67.4 Å². The predicted molar refractivity (Wildman–Crippen MR) is 91.8 cm³/mol. The van der Waals surface area contributed by atoms with Crippen molar-refractivity contribution in [1.29, 1.82) is 0 Å². The minimum Gasteiger partial charge on any atom is -0.314 e. The molecule has 0 radical (unpaired) electrons. The molecule has 1 aromatic heterocycles. The van der Waals surface area contributed by atoms with Crippen molar-refractivity contribution >= 4 is 11.6 Å². The Kier molecular flexibility index (Phi) is 4.31. The minimum atomic E-state index is -0.339. The van der Waals surface area contributed by atoms with Crippen LogP contribution in [0.3, 0.4) is 0 Å². The van der Waals surface area contributed by atoms with Crippen molar-refractivity contribution in [2.75, 3.05) is 5.43 Å². The van der Waals surface area contributed by atoms with Crippen LogP contribution in [0.5, 0.6) is 0 Å². The maximum atomic E-state index is 12.5. The van der Waals surface area contributed by atoms with Gasteiger partial charge in [0.15, 0.2) is 0 Å². The zero-order chi connectivity index (χ0) is 16.6. The number of hydrogen-bond acceptors (Lipinski definition) is 3. The Morgan fingerprint density at radius 1 is 1.26 bits per heavy atom. The predicted octanol–water partition coefficient (Wildman–Crippen LogP) is 2.87. The molecule has 0 spiro atoms. The number of hydrogen-bond donors (Lipinski definition) is 1. The molecule has 1 heterocycles. The van der Waals surface area contributed by atoms with Gasteiger partial charge in [0.2, 0.25) is 0 Å². The fraction of sp³-hybridized carbons (Fsp3) is 0.412. The first-order chi connectivity index (χ1) is 11.0. The van der Waals surface area contributed by atoms with Crippen molar-refractivity contribution < 1.29 is 0 Å². The third kappa shape index (κ3) is 3.06. The van der Waals surface area contributed by atoms with E-state index in [0.717, 1.165) is 29.8 Å². The smallest absolute Gasteiger partial charge is 0.314 e. The summed E-state index contributed by atoms with van der Waals surface area (Å²) in [6, 6.07) is 7.15. The molecular formula is C17H20ClN3O2. The molecule has 23 heavy (non-hydrogen) atoms. The maximum absolute atomic E-state index is 12.5. The quantitative estimate of drug-likeness (QED) is 0.939. The number of nitrogens with zero attached hydrogens (tertiary/aromatic N) is 2. The Balaban J connectivity index is 1.97. The largest absolute Gasteiger partial charge is 0.349 e. The number of halogens is 1. The molecule has 3 rings (SSSR count). The molecule has 0 bridgehead atoms. The van der Waals surface area contributed by atoms with Gasteiger partial charge in [0.1, 0.15) is 0 Å². The molecule has 1 aliphatic carbocycles. The molecule has 1 aliphatic rings. The van der Waals surface area contributed by atoms with Gasteiger partial charge in [-0.3, -0.25) is 9.36 Å². The molecule has 1 atom stereocenters. The maximum Gasteiger partial charge on any atom is 0.349 e. The van der Waals surface area contributed by atoms with E-state index in [1.807, 2.05) is 32.0 Å². The highest BCUT2D eigenvalue weighted by molar-refractivity contribution is 6.30. The van der Waals surface area contributed by atoms with Gasteiger partial charge >= 0.3 is 5.69 Å². The van der Waals surface area contributed by atoms with Gasteiger partial charge in [0.05, 0.1) is 6.04 Å². The molecule has 1 aromatic carbocycles. The van der Waals surface area contributed by atoms with Crippen LogP contribution in [0.2, 0.25) is 5.02 Å². The van der Waals surface area contributed by atoms with Crippen LogP contribution in [0.25, 0.3) is 0 Å². The summed E-state index contributed by atoms with van der Waals surface area (Å²) < 4.78 is 2.66. The molecule has 2 aromatic rings. The number of aryl methyl sites for hydroxylation is 1. The van der Waals surface area contributed by atoms with Crippen molar-refractivity contribution in [3.8, 4) is 0 Å². The van der Waals surface area contributed by atoms with E-state index >= 15 is 0 Å². The van der Waals surface area contributed by atoms with Gasteiger partial charge in [-0.2, -0.15) is 0 Å². The first-order valence-electron chi connectivity index (χ1n) is 7.86. The van der Waals surface area contributed by atoms with Gasteiger partial charge in [-0.15, -0.1) is 0 Å². The minimum absolute atomic E-state index is 0.0341. The average Bonchev–Trinajstić information content (AvgIpc) is 2.49.